The maximum absolute atomic E-state index is 13.2. The van der Waals surface area contributed by atoms with Gasteiger partial charge in [0.05, 0.1) is 4.91 Å². The van der Waals surface area contributed by atoms with E-state index in [4.69, 9.17) is 11.6 Å². The molecule has 0 radical (unpaired) electrons. The molecule has 0 amide bonds. The zero-order valence-corrected chi connectivity index (χ0v) is 18.9. The van der Waals surface area contributed by atoms with Crippen LogP contribution < -0.4 is 0 Å². The minimum absolute atomic E-state index is 0.102. The van der Waals surface area contributed by atoms with Gasteiger partial charge in [-0.3, -0.25) is 4.79 Å². The highest BCUT2D eigenvalue weighted by atomic mass is 35.5. The number of nitrogens with zero attached hydrogens (tertiary/aromatic N) is 3. The molecule has 1 aromatic heterocycles. The fourth-order valence-corrected chi connectivity index (χ4v) is 5.07. The fraction of sp³-hybridized carbons (Fsp3) is 0.292. The van der Waals surface area contributed by atoms with Crippen LogP contribution in [0.5, 0.6) is 0 Å². The number of benzene rings is 2. The molecule has 30 heavy (non-hydrogen) atoms. The lowest BCUT2D eigenvalue weighted by Crippen LogP contribution is -2.16. The molecular weight excluding hydrogens is 414 g/mol. The lowest BCUT2D eigenvalue weighted by molar-refractivity contribution is -0.114. The van der Waals surface area contributed by atoms with Gasteiger partial charge in [-0.1, -0.05) is 61.8 Å². The zero-order valence-electron chi connectivity index (χ0n) is 17.4. The molecule has 2 aromatic carbocycles. The van der Waals surface area contributed by atoms with Crippen LogP contribution in [-0.4, -0.2) is 20.5 Å². The molecular formula is C24H24ClN3OS. The third-order valence-corrected chi connectivity index (χ3v) is 6.48. The Hall–Kier alpha value is -2.37. The molecule has 6 heteroatoms. The van der Waals surface area contributed by atoms with Crippen LogP contribution in [-0.2, 0) is 24.2 Å². The highest BCUT2D eigenvalue weighted by Gasteiger charge is 2.29. The van der Waals surface area contributed by atoms with Crippen molar-refractivity contribution in [2.24, 2.45) is 5.92 Å². The van der Waals surface area contributed by atoms with E-state index in [0.717, 1.165) is 46.2 Å². The lowest BCUT2D eigenvalue weighted by atomic mass is 9.86. The summed E-state index contributed by atoms with van der Waals surface area (Å²) >= 11 is 7.75. The van der Waals surface area contributed by atoms with Gasteiger partial charge in [0, 0.05) is 30.0 Å². The maximum Gasteiger partial charge on any atom is 0.196 e. The smallest absolute Gasteiger partial charge is 0.196 e. The van der Waals surface area contributed by atoms with Crippen LogP contribution >= 0.6 is 23.4 Å². The van der Waals surface area contributed by atoms with Gasteiger partial charge in [-0.2, -0.15) is 0 Å². The zero-order chi connectivity index (χ0) is 21.3. The number of Topliss-reactive ketones (excluding diaryl/α,β-unsaturated/α-hetero) is 1. The molecule has 0 fully saturated rings. The Morgan fingerprint density at radius 2 is 1.90 bits per heavy atom. The first-order valence-electron chi connectivity index (χ1n) is 10.2. The van der Waals surface area contributed by atoms with Gasteiger partial charge >= 0.3 is 0 Å². The van der Waals surface area contributed by atoms with E-state index in [0.29, 0.717) is 22.3 Å². The fourth-order valence-electron chi connectivity index (χ4n) is 3.77. The Bertz CT molecular complexity index is 1120. The predicted molar refractivity (Wildman–Crippen MR) is 123 cm³/mol. The predicted octanol–water partition coefficient (Wildman–Crippen LogP) is 5.83. The van der Waals surface area contributed by atoms with Gasteiger partial charge in [0.2, 0.25) is 0 Å². The van der Waals surface area contributed by atoms with Gasteiger partial charge in [0.25, 0.3) is 0 Å². The van der Waals surface area contributed by atoms with Crippen molar-refractivity contribution in [1.29, 1.82) is 0 Å². The molecule has 1 aliphatic carbocycles. The van der Waals surface area contributed by atoms with Gasteiger partial charge < -0.3 is 4.57 Å². The molecule has 0 unspecified atom stereocenters. The Balaban J connectivity index is 1.87. The number of halogens is 1. The summed E-state index contributed by atoms with van der Waals surface area (Å²) in [6, 6.07) is 15.8. The second kappa shape index (κ2) is 8.78. The molecule has 1 aliphatic rings. The first-order chi connectivity index (χ1) is 14.5. The highest BCUT2D eigenvalue weighted by Crippen LogP contribution is 2.42. The number of carbonyl (C=O) groups excluding carboxylic acids is 1. The van der Waals surface area contributed by atoms with Crippen molar-refractivity contribution in [3.8, 4) is 0 Å². The number of hydrogen-bond donors (Lipinski definition) is 0. The van der Waals surface area contributed by atoms with Crippen LogP contribution in [0.4, 0.5) is 0 Å². The van der Waals surface area contributed by atoms with Gasteiger partial charge in [0.15, 0.2) is 10.9 Å². The molecule has 0 saturated heterocycles. The van der Waals surface area contributed by atoms with Crippen molar-refractivity contribution >= 4 is 34.7 Å². The van der Waals surface area contributed by atoms with Gasteiger partial charge in [0.1, 0.15) is 5.82 Å². The van der Waals surface area contributed by atoms with Crippen LogP contribution in [0.1, 0.15) is 43.3 Å². The van der Waals surface area contributed by atoms with Crippen LogP contribution in [0.3, 0.4) is 0 Å². The summed E-state index contributed by atoms with van der Waals surface area (Å²) in [7, 11) is 0. The van der Waals surface area contributed by atoms with Crippen molar-refractivity contribution in [3.05, 3.63) is 81.0 Å². The maximum atomic E-state index is 13.2. The summed E-state index contributed by atoms with van der Waals surface area (Å²) in [5.41, 5.74) is 3.94. The van der Waals surface area contributed by atoms with E-state index in [2.05, 4.69) is 35.5 Å². The number of fused-ring (bicyclic) bond motifs is 1. The summed E-state index contributed by atoms with van der Waals surface area (Å²) in [4.78, 5) is 13.9. The quantitative estimate of drug-likeness (QED) is 0.487. The van der Waals surface area contributed by atoms with E-state index >= 15 is 0 Å². The molecule has 0 saturated carbocycles. The molecule has 1 heterocycles. The van der Waals surface area contributed by atoms with Crippen LogP contribution in [0, 0.1) is 5.92 Å². The molecule has 0 atom stereocenters. The normalized spacial score (nSPS) is 13.8. The second-order valence-electron chi connectivity index (χ2n) is 7.81. The van der Waals surface area contributed by atoms with Crippen molar-refractivity contribution in [2.45, 2.75) is 45.3 Å². The molecule has 4 nitrogen and oxygen atoms in total. The average molecular weight is 438 g/mol. The largest absolute Gasteiger partial charge is 0.306 e. The molecule has 4 rings (SSSR count). The summed E-state index contributed by atoms with van der Waals surface area (Å²) in [6.45, 7) is 7.19. The first-order valence-corrected chi connectivity index (χ1v) is 11.4. The topological polar surface area (TPSA) is 47.8 Å². The Kier molecular flexibility index (Phi) is 6.11. The van der Waals surface area contributed by atoms with Crippen molar-refractivity contribution < 1.29 is 4.79 Å². The van der Waals surface area contributed by atoms with Crippen LogP contribution in [0.2, 0.25) is 5.02 Å². The summed E-state index contributed by atoms with van der Waals surface area (Å²) in [5.74, 6) is 1.55. The Labute approximate surface area is 186 Å². The monoisotopic (exact) mass is 437 g/mol. The van der Waals surface area contributed by atoms with E-state index in [-0.39, 0.29) is 5.78 Å². The van der Waals surface area contributed by atoms with Gasteiger partial charge in [-0.15, -0.1) is 10.2 Å². The molecule has 0 aliphatic heterocycles. The Morgan fingerprint density at radius 1 is 1.13 bits per heavy atom. The minimum atomic E-state index is 0.102. The van der Waals surface area contributed by atoms with Crippen LogP contribution in [0.15, 0.2) is 58.6 Å². The molecule has 3 aromatic rings. The number of aromatic nitrogens is 3. The van der Waals surface area contributed by atoms with Crippen molar-refractivity contribution in [2.75, 3.05) is 0 Å². The lowest BCUT2D eigenvalue weighted by Gasteiger charge is -2.23. The van der Waals surface area contributed by atoms with Crippen LogP contribution in [0.25, 0.3) is 5.57 Å². The van der Waals surface area contributed by atoms with Gasteiger partial charge in [-0.25, -0.2) is 0 Å². The van der Waals surface area contributed by atoms with Crippen molar-refractivity contribution in [3.63, 3.8) is 0 Å². The SMILES string of the molecule is CCn1c(CC(C)C)nnc1SC1=C(c2ccccc2)c2cc(Cl)ccc2CC1=O. The second-order valence-corrected chi connectivity index (χ2v) is 9.23. The molecule has 0 spiro atoms. The molecule has 0 bridgehead atoms. The summed E-state index contributed by atoms with van der Waals surface area (Å²) in [6.07, 6.45) is 1.22. The van der Waals surface area contributed by atoms with Crippen molar-refractivity contribution in [1.82, 2.24) is 14.8 Å². The standard InChI is InChI=1S/C24H24ClN3OS/c1-4-28-21(12-15(2)3)26-27-24(28)30-23-20(29)13-17-10-11-18(25)14-19(17)22(23)16-8-6-5-7-9-16/h5-11,14-15H,4,12-13H2,1-3H3. The highest BCUT2D eigenvalue weighted by molar-refractivity contribution is 8.04. The number of carbonyl (C=O) groups is 1. The minimum Gasteiger partial charge on any atom is -0.306 e. The van der Waals surface area contributed by atoms with E-state index < -0.39 is 0 Å². The Morgan fingerprint density at radius 3 is 2.60 bits per heavy atom. The van der Waals surface area contributed by atoms with E-state index in [1.807, 2.05) is 48.5 Å². The first kappa shape index (κ1) is 20.9. The molecule has 0 N–H and O–H groups in total. The number of hydrogen-bond acceptors (Lipinski definition) is 4. The third kappa shape index (κ3) is 4.09. The van der Waals surface area contributed by atoms with E-state index in [9.17, 15) is 4.79 Å². The number of rotatable bonds is 6. The number of allylic oxidation sites excluding steroid dienone is 1. The summed E-state index contributed by atoms with van der Waals surface area (Å²) < 4.78 is 2.11. The van der Waals surface area contributed by atoms with E-state index in [1.165, 1.54) is 11.8 Å². The number of ketones is 1. The van der Waals surface area contributed by atoms with Gasteiger partial charge in [-0.05, 0) is 53.4 Å². The number of thioether (sulfide) groups is 1. The summed E-state index contributed by atoms with van der Waals surface area (Å²) in [5, 5.41) is 10.3. The van der Waals surface area contributed by atoms with E-state index in [1.54, 1.807) is 0 Å². The molecule has 154 valence electrons. The average Bonchev–Trinajstić information content (AvgIpc) is 3.10. The third-order valence-electron chi connectivity index (χ3n) is 5.13.